The van der Waals surface area contributed by atoms with Gasteiger partial charge in [0.25, 0.3) is 5.56 Å². The van der Waals surface area contributed by atoms with Crippen LogP contribution in [-0.4, -0.2) is 22.5 Å². The SMILES string of the molecule is CCCc1nc2ccc(Br)cc2c(=O)n1N=Cc1ccc(OCC(C)(C)C)c(Cl)c1. The van der Waals surface area contributed by atoms with Crippen LogP contribution in [0.3, 0.4) is 0 Å². The summed E-state index contributed by atoms with van der Waals surface area (Å²) < 4.78 is 8.00. The van der Waals surface area contributed by atoms with E-state index in [0.717, 1.165) is 16.5 Å². The number of nitrogens with zero attached hydrogens (tertiary/aromatic N) is 3. The highest BCUT2D eigenvalue weighted by Gasteiger charge is 2.13. The second-order valence-electron chi connectivity index (χ2n) is 8.34. The minimum Gasteiger partial charge on any atom is -0.491 e. The van der Waals surface area contributed by atoms with Gasteiger partial charge in [-0.15, -0.1) is 0 Å². The molecule has 0 aliphatic carbocycles. The lowest BCUT2D eigenvalue weighted by atomic mass is 9.99. The molecule has 0 N–H and O–H groups in total. The van der Waals surface area contributed by atoms with Gasteiger partial charge in [-0.3, -0.25) is 4.79 Å². The van der Waals surface area contributed by atoms with Crippen molar-refractivity contribution in [3.8, 4) is 5.75 Å². The minimum atomic E-state index is -0.197. The van der Waals surface area contributed by atoms with E-state index < -0.39 is 0 Å². The quantitative estimate of drug-likeness (QED) is 0.394. The van der Waals surface area contributed by atoms with Gasteiger partial charge in [0, 0.05) is 10.9 Å². The molecule has 0 aliphatic rings. The molecular formula is C23H25BrClN3O2. The lowest BCUT2D eigenvalue weighted by molar-refractivity contribution is 0.198. The van der Waals surface area contributed by atoms with Gasteiger partial charge in [0.1, 0.15) is 11.6 Å². The standard InChI is InChI=1S/C23H25BrClN3O2/c1-5-6-21-27-19-9-8-16(24)12-17(19)22(29)28(21)26-13-15-7-10-20(18(25)11-15)30-14-23(2,3)4/h7-13H,5-6,14H2,1-4H3. The van der Waals surface area contributed by atoms with Gasteiger partial charge in [-0.25, -0.2) is 4.98 Å². The fraction of sp³-hybridized carbons (Fsp3) is 0.348. The van der Waals surface area contributed by atoms with Gasteiger partial charge < -0.3 is 4.74 Å². The van der Waals surface area contributed by atoms with E-state index >= 15 is 0 Å². The second-order valence-corrected chi connectivity index (χ2v) is 9.66. The lowest BCUT2D eigenvalue weighted by Gasteiger charge is -2.19. The van der Waals surface area contributed by atoms with Crippen LogP contribution in [0.5, 0.6) is 5.75 Å². The molecule has 3 aromatic rings. The normalized spacial score (nSPS) is 12.1. The molecule has 7 heteroatoms. The van der Waals surface area contributed by atoms with Gasteiger partial charge in [0.15, 0.2) is 0 Å². The topological polar surface area (TPSA) is 56.5 Å². The number of halogens is 2. The molecule has 158 valence electrons. The van der Waals surface area contributed by atoms with E-state index in [1.54, 1.807) is 18.3 Å². The van der Waals surface area contributed by atoms with Crippen molar-refractivity contribution >= 4 is 44.6 Å². The summed E-state index contributed by atoms with van der Waals surface area (Å²) in [5.74, 6) is 1.26. The highest BCUT2D eigenvalue weighted by molar-refractivity contribution is 9.10. The first-order valence-corrected chi connectivity index (χ1v) is 11.0. The minimum absolute atomic E-state index is 0.0401. The Morgan fingerprint density at radius 1 is 1.23 bits per heavy atom. The summed E-state index contributed by atoms with van der Waals surface area (Å²) in [5.41, 5.74) is 1.28. The molecule has 0 unspecified atom stereocenters. The first-order chi connectivity index (χ1) is 14.2. The molecule has 0 spiro atoms. The molecular weight excluding hydrogens is 466 g/mol. The third-order valence-corrected chi connectivity index (χ3v) is 5.08. The Kier molecular flexibility index (Phi) is 6.98. The van der Waals surface area contributed by atoms with Gasteiger partial charge in [-0.2, -0.15) is 9.78 Å². The summed E-state index contributed by atoms with van der Waals surface area (Å²) >= 11 is 9.79. The third kappa shape index (κ3) is 5.49. The number of hydrogen-bond acceptors (Lipinski definition) is 4. The number of ether oxygens (including phenoxy) is 1. The molecule has 0 saturated heterocycles. The van der Waals surface area contributed by atoms with Crippen LogP contribution in [0.1, 0.15) is 45.5 Å². The average molecular weight is 491 g/mol. The number of aryl methyl sites for hydroxylation is 1. The van der Waals surface area contributed by atoms with E-state index in [1.165, 1.54) is 4.68 Å². The van der Waals surface area contributed by atoms with Crippen molar-refractivity contribution < 1.29 is 4.74 Å². The van der Waals surface area contributed by atoms with Crippen LogP contribution in [0.15, 0.2) is 50.8 Å². The Bertz CT molecular complexity index is 1150. The van der Waals surface area contributed by atoms with Crippen molar-refractivity contribution in [2.75, 3.05) is 6.61 Å². The predicted octanol–water partition coefficient (Wildman–Crippen LogP) is 6.07. The summed E-state index contributed by atoms with van der Waals surface area (Å²) in [5, 5.41) is 5.46. The van der Waals surface area contributed by atoms with Gasteiger partial charge in [0.05, 0.1) is 28.7 Å². The van der Waals surface area contributed by atoms with E-state index in [-0.39, 0.29) is 11.0 Å². The second kappa shape index (κ2) is 9.31. The molecule has 5 nitrogen and oxygen atoms in total. The van der Waals surface area contributed by atoms with E-state index in [4.69, 9.17) is 16.3 Å². The number of benzene rings is 2. The van der Waals surface area contributed by atoms with Crippen LogP contribution in [0.25, 0.3) is 10.9 Å². The Morgan fingerprint density at radius 2 is 2.00 bits per heavy atom. The zero-order valence-electron chi connectivity index (χ0n) is 17.6. The monoisotopic (exact) mass is 489 g/mol. The number of aromatic nitrogens is 2. The van der Waals surface area contributed by atoms with Crippen LogP contribution >= 0.6 is 27.5 Å². The number of hydrogen-bond donors (Lipinski definition) is 0. The Morgan fingerprint density at radius 3 is 2.67 bits per heavy atom. The highest BCUT2D eigenvalue weighted by atomic mass is 79.9. The summed E-state index contributed by atoms with van der Waals surface area (Å²) in [6.07, 6.45) is 3.13. The van der Waals surface area contributed by atoms with Gasteiger partial charge >= 0.3 is 0 Å². The maximum Gasteiger partial charge on any atom is 0.282 e. The molecule has 0 amide bonds. The molecule has 3 rings (SSSR count). The maximum atomic E-state index is 13.0. The fourth-order valence-electron chi connectivity index (χ4n) is 2.83. The molecule has 1 heterocycles. The van der Waals surface area contributed by atoms with Crippen LogP contribution < -0.4 is 10.3 Å². The van der Waals surface area contributed by atoms with Gasteiger partial charge in [0.2, 0.25) is 0 Å². The summed E-state index contributed by atoms with van der Waals surface area (Å²) in [4.78, 5) is 17.7. The molecule has 30 heavy (non-hydrogen) atoms. The predicted molar refractivity (Wildman–Crippen MR) is 127 cm³/mol. The van der Waals surface area contributed by atoms with Gasteiger partial charge in [-0.1, -0.05) is 55.2 Å². The highest BCUT2D eigenvalue weighted by Crippen LogP contribution is 2.27. The maximum absolute atomic E-state index is 13.0. The Labute approximate surface area is 189 Å². The lowest BCUT2D eigenvalue weighted by Crippen LogP contribution is -2.22. The molecule has 0 bridgehead atoms. The van der Waals surface area contributed by atoms with E-state index in [1.807, 2.05) is 31.2 Å². The van der Waals surface area contributed by atoms with Crippen LogP contribution in [0.2, 0.25) is 5.02 Å². The number of fused-ring (bicyclic) bond motifs is 1. The molecule has 0 radical (unpaired) electrons. The molecule has 2 aromatic carbocycles. The largest absolute Gasteiger partial charge is 0.491 e. The third-order valence-electron chi connectivity index (χ3n) is 4.29. The van der Waals surface area contributed by atoms with Crippen LogP contribution in [0, 0.1) is 5.41 Å². The van der Waals surface area contributed by atoms with Crippen molar-refractivity contribution in [2.45, 2.75) is 40.5 Å². The van der Waals surface area contributed by atoms with Crippen molar-refractivity contribution in [1.82, 2.24) is 9.66 Å². The Balaban J connectivity index is 1.95. The molecule has 0 atom stereocenters. The average Bonchev–Trinajstić information content (AvgIpc) is 2.67. The zero-order valence-corrected chi connectivity index (χ0v) is 19.9. The molecule has 0 fully saturated rings. The van der Waals surface area contributed by atoms with Gasteiger partial charge in [-0.05, 0) is 53.8 Å². The Hall–Kier alpha value is -2.18. The van der Waals surface area contributed by atoms with Crippen LogP contribution in [0.4, 0.5) is 0 Å². The van der Waals surface area contributed by atoms with Crippen molar-refractivity contribution in [3.63, 3.8) is 0 Å². The first kappa shape index (κ1) is 22.5. The van der Waals surface area contributed by atoms with E-state index in [9.17, 15) is 4.79 Å². The fourth-order valence-corrected chi connectivity index (χ4v) is 3.44. The number of rotatable bonds is 6. The van der Waals surface area contributed by atoms with E-state index in [2.05, 4.69) is 46.8 Å². The summed E-state index contributed by atoms with van der Waals surface area (Å²) in [7, 11) is 0. The smallest absolute Gasteiger partial charge is 0.282 e. The zero-order chi connectivity index (χ0) is 21.9. The molecule has 0 aliphatic heterocycles. The summed E-state index contributed by atoms with van der Waals surface area (Å²) in [6.45, 7) is 8.91. The molecule has 1 aromatic heterocycles. The first-order valence-electron chi connectivity index (χ1n) is 9.86. The van der Waals surface area contributed by atoms with Crippen molar-refractivity contribution in [1.29, 1.82) is 0 Å². The van der Waals surface area contributed by atoms with Crippen molar-refractivity contribution in [3.05, 3.63) is 67.6 Å². The van der Waals surface area contributed by atoms with Crippen LogP contribution in [-0.2, 0) is 6.42 Å². The van der Waals surface area contributed by atoms with E-state index in [0.29, 0.717) is 40.5 Å². The van der Waals surface area contributed by atoms with Crippen molar-refractivity contribution in [2.24, 2.45) is 10.5 Å². The molecule has 0 saturated carbocycles. The summed E-state index contributed by atoms with van der Waals surface area (Å²) in [6, 6.07) is 10.9.